The Hall–Kier alpha value is -1.39. The van der Waals surface area contributed by atoms with Crippen molar-refractivity contribution in [3.05, 3.63) is 35.9 Å². The molecule has 4 heteroatoms. The molecule has 0 amide bonds. The molecule has 1 unspecified atom stereocenters. The lowest BCUT2D eigenvalue weighted by Crippen LogP contribution is -2.55. The van der Waals surface area contributed by atoms with E-state index >= 15 is 0 Å². The lowest BCUT2D eigenvalue weighted by Gasteiger charge is -2.34. The number of nitrogens with one attached hydrogen (secondary N) is 1. The van der Waals surface area contributed by atoms with Gasteiger partial charge in [0.1, 0.15) is 0 Å². The molecule has 4 nitrogen and oxygen atoms in total. The summed E-state index contributed by atoms with van der Waals surface area (Å²) in [5.74, 6) is -0.333. The van der Waals surface area contributed by atoms with Crippen molar-refractivity contribution >= 4 is 5.97 Å². The van der Waals surface area contributed by atoms with Crippen LogP contribution in [0.1, 0.15) is 26.3 Å². The first-order valence-corrected chi connectivity index (χ1v) is 6.56. The molecule has 0 aliphatic carbocycles. The molecule has 0 heterocycles. The molecule has 0 aromatic heterocycles. The van der Waals surface area contributed by atoms with Gasteiger partial charge in [-0.05, 0) is 26.3 Å². The molecule has 1 atom stereocenters. The van der Waals surface area contributed by atoms with Crippen molar-refractivity contribution in [2.24, 2.45) is 0 Å². The molecule has 0 spiro atoms. The quantitative estimate of drug-likeness (QED) is 0.767. The average molecular weight is 265 g/mol. The van der Waals surface area contributed by atoms with E-state index in [4.69, 9.17) is 9.47 Å². The highest BCUT2D eigenvalue weighted by molar-refractivity contribution is 5.83. The third-order valence-corrected chi connectivity index (χ3v) is 2.86. The first-order chi connectivity index (χ1) is 9.06. The summed E-state index contributed by atoms with van der Waals surface area (Å²) in [6.07, 6.45) is 0. The van der Waals surface area contributed by atoms with Crippen molar-refractivity contribution in [2.45, 2.75) is 32.4 Å². The predicted molar refractivity (Wildman–Crippen MR) is 74.9 cm³/mol. The summed E-state index contributed by atoms with van der Waals surface area (Å²) in [5, 5.41) is 3.30. The number of methoxy groups -OCH3 is 1. The molecule has 0 bridgehead atoms. The summed E-state index contributed by atoms with van der Waals surface area (Å²) in [4.78, 5) is 12.3. The molecule has 1 aromatic rings. The van der Waals surface area contributed by atoms with E-state index in [0.29, 0.717) is 6.61 Å². The number of hydrogen-bond donors (Lipinski definition) is 1. The van der Waals surface area contributed by atoms with Crippen molar-refractivity contribution in [3.63, 3.8) is 0 Å². The topological polar surface area (TPSA) is 47.6 Å². The molecule has 106 valence electrons. The molecule has 0 aliphatic heterocycles. The van der Waals surface area contributed by atoms with Gasteiger partial charge in [0, 0.05) is 12.6 Å². The zero-order valence-electron chi connectivity index (χ0n) is 12.1. The second kappa shape index (κ2) is 7.26. The zero-order valence-corrected chi connectivity index (χ0v) is 12.1. The number of esters is 1. The smallest absolute Gasteiger partial charge is 0.333 e. The molecule has 1 N–H and O–H groups in total. The Bertz CT molecular complexity index is 392. The van der Waals surface area contributed by atoms with E-state index < -0.39 is 5.54 Å². The number of rotatable bonds is 7. The minimum absolute atomic E-state index is 0.125. The van der Waals surface area contributed by atoms with Gasteiger partial charge < -0.3 is 9.47 Å². The standard InChI is InChI=1S/C15H23NO3/c1-5-19-11-15(14(17)18-4,16-12(2)3)13-9-7-6-8-10-13/h6-10,12,16H,5,11H2,1-4H3. The van der Waals surface area contributed by atoms with Gasteiger partial charge in [0.25, 0.3) is 0 Å². The third kappa shape index (κ3) is 3.78. The second-order valence-electron chi connectivity index (χ2n) is 4.70. The van der Waals surface area contributed by atoms with E-state index in [1.807, 2.05) is 51.1 Å². The Morgan fingerprint density at radius 3 is 2.42 bits per heavy atom. The summed E-state index contributed by atoms with van der Waals surface area (Å²) < 4.78 is 10.5. The summed E-state index contributed by atoms with van der Waals surface area (Å²) in [5.41, 5.74) is -0.107. The molecule has 0 radical (unpaired) electrons. The van der Waals surface area contributed by atoms with Crippen molar-refractivity contribution in [1.29, 1.82) is 0 Å². The lowest BCUT2D eigenvalue weighted by atomic mass is 9.89. The van der Waals surface area contributed by atoms with Crippen LogP contribution in [0.2, 0.25) is 0 Å². The van der Waals surface area contributed by atoms with Crippen LogP contribution in [0.5, 0.6) is 0 Å². The molecule has 0 fully saturated rings. The van der Waals surface area contributed by atoms with Gasteiger partial charge in [-0.15, -0.1) is 0 Å². The largest absolute Gasteiger partial charge is 0.467 e. The highest BCUT2D eigenvalue weighted by Gasteiger charge is 2.42. The lowest BCUT2D eigenvalue weighted by molar-refractivity contribution is -0.152. The third-order valence-electron chi connectivity index (χ3n) is 2.86. The van der Waals surface area contributed by atoms with Gasteiger partial charge in [0.15, 0.2) is 5.54 Å². The van der Waals surface area contributed by atoms with E-state index in [9.17, 15) is 4.79 Å². The molecule has 0 aliphatic rings. The average Bonchev–Trinajstić information content (AvgIpc) is 2.43. The van der Waals surface area contributed by atoms with E-state index in [-0.39, 0.29) is 18.6 Å². The maximum Gasteiger partial charge on any atom is 0.333 e. The van der Waals surface area contributed by atoms with Crippen LogP contribution in [0.4, 0.5) is 0 Å². The van der Waals surface area contributed by atoms with E-state index in [1.165, 1.54) is 7.11 Å². The summed E-state index contributed by atoms with van der Waals surface area (Å²) in [6, 6.07) is 9.67. The Labute approximate surface area is 115 Å². The number of hydrogen-bond acceptors (Lipinski definition) is 4. The maximum atomic E-state index is 12.3. The van der Waals surface area contributed by atoms with Crippen LogP contribution in [0, 0.1) is 0 Å². The summed E-state index contributed by atoms with van der Waals surface area (Å²) in [7, 11) is 1.40. The Morgan fingerprint density at radius 1 is 1.32 bits per heavy atom. The molecular weight excluding hydrogens is 242 g/mol. The molecule has 0 saturated carbocycles. The Morgan fingerprint density at radius 2 is 1.95 bits per heavy atom. The predicted octanol–water partition coefficient (Wildman–Crippen LogP) is 2.09. The van der Waals surface area contributed by atoms with Crippen molar-refractivity contribution in [2.75, 3.05) is 20.3 Å². The first-order valence-electron chi connectivity index (χ1n) is 6.56. The van der Waals surface area contributed by atoms with Crippen LogP contribution in [0.25, 0.3) is 0 Å². The number of benzene rings is 1. The number of ether oxygens (including phenoxy) is 2. The van der Waals surface area contributed by atoms with Gasteiger partial charge >= 0.3 is 5.97 Å². The molecule has 1 aromatic carbocycles. The van der Waals surface area contributed by atoms with E-state index in [1.54, 1.807) is 0 Å². The van der Waals surface area contributed by atoms with Crippen LogP contribution in [0.15, 0.2) is 30.3 Å². The molecule has 19 heavy (non-hydrogen) atoms. The monoisotopic (exact) mass is 265 g/mol. The van der Waals surface area contributed by atoms with Crippen molar-refractivity contribution < 1.29 is 14.3 Å². The van der Waals surface area contributed by atoms with Crippen molar-refractivity contribution in [1.82, 2.24) is 5.32 Å². The normalized spacial score (nSPS) is 14.2. The minimum atomic E-state index is -0.958. The van der Waals surface area contributed by atoms with Gasteiger partial charge in [-0.3, -0.25) is 5.32 Å². The fourth-order valence-corrected chi connectivity index (χ4v) is 2.09. The number of carbonyl (C=O) groups is 1. The van der Waals surface area contributed by atoms with E-state index in [2.05, 4.69) is 5.32 Å². The van der Waals surface area contributed by atoms with Gasteiger partial charge in [-0.2, -0.15) is 0 Å². The second-order valence-corrected chi connectivity index (χ2v) is 4.70. The fourth-order valence-electron chi connectivity index (χ4n) is 2.09. The van der Waals surface area contributed by atoms with Gasteiger partial charge in [-0.25, -0.2) is 4.79 Å². The minimum Gasteiger partial charge on any atom is -0.467 e. The van der Waals surface area contributed by atoms with E-state index in [0.717, 1.165) is 5.56 Å². The Kier molecular flexibility index (Phi) is 5.99. The highest BCUT2D eigenvalue weighted by Crippen LogP contribution is 2.24. The van der Waals surface area contributed by atoms with Crippen LogP contribution in [-0.4, -0.2) is 32.3 Å². The molecular formula is C15H23NO3. The summed E-state index contributed by atoms with van der Waals surface area (Å²) >= 11 is 0. The fraction of sp³-hybridized carbons (Fsp3) is 0.533. The SMILES string of the molecule is CCOCC(NC(C)C)(C(=O)OC)c1ccccc1. The first kappa shape index (κ1) is 15.7. The van der Waals surface area contributed by atoms with Crippen LogP contribution in [0.3, 0.4) is 0 Å². The molecule has 1 rings (SSSR count). The van der Waals surface area contributed by atoms with Gasteiger partial charge in [-0.1, -0.05) is 30.3 Å². The van der Waals surface area contributed by atoms with Crippen LogP contribution in [-0.2, 0) is 19.8 Å². The van der Waals surface area contributed by atoms with Gasteiger partial charge in [0.05, 0.1) is 13.7 Å². The molecule has 0 saturated heterocycles. The zero-order chi connectivity index (χ0) is 14.3. The van der Waals surface area contributed by atoms with Crippen molar-refractivity contribution in [3.8, 4) is 0 Å². The van der Waals surface area contributed by atoms with Crippen LogP contribution < -0.4 is 5.32 Å². The number of carbonyl (C=O) groups excluding carboxylic acids is 1. The summed E-state index contributed by atoms with van der Waals surface area (Å²) in [6.45, 7) is 6.69. The highest BCUT2D eigenvalue weighted by atomic mass is 16.5. The maximum absolute atomic E-state index is 12.3. The Balaban J connectivity index is 3.21. The van der Waals surface area contributed by atoms with Gasteiger partial charge in [0.2, 0.25) is 0 Å². The van der Waals surface area contributed by atoms with Crippen LogP contribution >= 0.6 is 0 Å².